The fourth-order valence-corrected chi connectivity index (χ4v) is 4.20. The van der Waals surface area contributed by atoms with Crippen molar-refractivity contribution >= 4 is 15.9 Å². The lowest BCUT2D eigenvalue weighted by molar-refractivity contribution is -0.131. The number of nitrogens with zero attached hydrogens (tertiary/aromatic N) is 1. The van der Waals surface area contributed by atoms with Crippen molar-refractivity contribution in [1.82, 2.24) is 9.62 Å². The van der Waals surface area contributed by atoms with Gasteiger partial charge in [-0.3, -0.25) is 4.79 Å². The van der Waals surface area contributed by atoms with E-state index in [2.05, 4.69) is 11.6 Å². The number of piperidine rings is 1. The average molecular weight is 372 g/mol. The molecule has 0 aliphatic carbocycles. The highest BCUT2D eigenvalue weighted by Crippen LogP contribution is 2.21. The first-order chi connectivity index (χ1) is 12.5. The van der Waals surface area contributed by atoms with Gasteiger partial charge < -0.3 is 4.90 Å². The van der Waals surface area contributed by atoms with Crippen LogP contribution >= 0.6 is 0 Å². The van der Waals surface area contributed by atoms with Crippen LogP contribution in [0.3, 0.4) is 0 Å². The summed E-state index contributed by atoms with van der Waals surface area (Å²) < 4.78 is 27.3. The fourth-order valence-electron chi connectivity index (χ4n) is 3.22. The summed E-state index contributed by atoms with van der Waals surface area (Å²) >= 11 is 0. The highest BCUT2D eigenvalue weighted by molar-refractivity contribution is 7.89. The van der Waals surface area contributed by atoms with Gasteiger partial charge in [0.25, 0.3) is 0 Å². The maximum Gasteiger partial charge on any atom is 0.241 e. The van der Waals surface area contributed by atoms with Gasteiger partial charge in [0.1, 0.15) is 0 Å². The van der Waals surface area contributed by atoms with Crippen LogP contribution in [0.2, 0.25) is 0 Å². The number of nitrogens with one attached hydrogen (secondary N) is 1. The number of amides is 1. The number of hydrogen-bond acceptors (Lipinski definition) is 3. The minimum absolute atomic E-state index is 0.164. The van der Waals surface area contributed by atoms with Gasteiger partial charge in [-0.2, -0.15) is 0 Å². The molecule has 1 fully saturated rings. The first-order valence-electron chi connectivity index (χ1n) is 8.88. The molecule has 1 atom stereocenters. The lowest BCUT2D eigenvalue weighted by Gasteiger charge is -2.31. The smallest absolute Gasteiger partial charge is 0.241 e. The largest absolute Gasteiger partial charge is 0.341 e. The van der Waals surface area contributed by atoms with Crippen molar-refractivity contribution in [1.29, 1.82) is 0 Å². The average Bonchev–Trinajstić information content (AvgIpc) is 2.67. The van der Waals surface area contributed by atoms with E-state index in [4.69, 9.17) is 0 Å². The van der Waals surface area contributed by atoms with Gasteiger partial charge in [0, 0.05) is 13.1 Å². The van der Waals surface area contributed by atoms with Crippen LogP contribution in [-0.4, -0.2) is 38.9 Å². The number of hydrogen-bond donors (Lipinski definition) is 1. The summed E-state index contributed by atoms with van der Waals surface area (Å²) in [4.78, 5) is 14.2. The van der Waals surface area contributed by atoms with E-state index in [0.29, 0.717) is 19.0 Å². The minimum Gasteiger partial charge on any atom is -0.341 e. The molecule has 2 aromatic carbocycles. The molecule has 1 N–H and O–H groups in total. The fraction of sp³-hybridized carbons (Fsp3) is 0.350. The molecule has 1 saturated heterocycles. The molecule has 5 nitrogen and oxygen atoms in total. The molecule has 0 spiro atoms. The maximum absolute atomic E-state index is 12.4. The van der Waals surface area contributed by atoms with Gasteiger partial charge in [-0.05, 0) is 42.0 Å². The zero-order valence-electron chi connectivity index (χ0n) is 14.9. The second-order valence-electron chi connectivity index (χ2n) is 6.80. The molecular weight excluding hydrogens is 348 g/mol. The molecule has 1 aliphatic rings. The van der Waals surface area contributed by atoms with E-state index in [1.165, 1.54) is 0 Å². The highest BCUT2D eigenvalue weighted by Gasteiger charge is 2.22. The SMILES string of the molecule is C[C@H]1CCCN(C(=O)CNS(=O)(=O)c2ccc(-c3ccccc3)cc2)C1. The maximum atomic E-state index is 12.4. The number of sulfonamides is 1. The topological polar surface area (TPSA) is 66.5 Å². The molecule has 0 saturated carbocycles. The van der Waals surface area contributed by atoms with Crippen molar-refractivity contribution < 1.29 is 13.2 Å². The van der Waals surface area contributed by atoms with Crippen LogP contribution < -0.4 is 4.72 Å². The Morgan fingerprint density at radius 2 is 1.73 bits per heavy atom. The van der Waals surface area contributed by atoms with E-state index in [-0.39, 0.29) is 17.3 Å². The summed E-state index contributed by atoms with van der Waals surface area (Å²) in [6, 6.07) is 16.4. The van der Waals surface area contributed by atoms with Crippen LogP contribution in [-0.2, 0) is 14.8 Å². The second-order valence-corrected chi connectivity index (χ2v) is 8.57. The summed E-state index contributed by atoms with van der Waals surface area (Å²) in [5, 5.41) is 0. The highest BCUT2D eigenvalue weighted by atomic mass is 32.2. The van der Waals surface area contributed by atoms with Gasteiger partial charge in [0.05, 0.1) is 11.4 Å². The van der Waals surface area contributed by atoms with E-state index < -0.39 is 10.0 Å². The van der Waals surface area contributed by atoms with Crippen LogP contribution in [0.4, 0.5) is 0 Å². The van der Waals surface area contributed by atoms with Crippen LogP contribution in [0.5, 0.6) is 0 Å². The van der Waals surface area contributed by atoms with Gasteiger partial charge in [-0.25, -0.2) is 13.1 Å². The van der Waals surface area contributed by atoms with E-state index >= 15 is 0 Å². The third kappa shape index (κ3) is 4.51. The molecular formula is C20H24N2O3S. The minimum atomic E-state index is -3.70. The Hall–Kier alpha value is -2.18. The molecule has 0 radical (unpaired) electrons. The molecule has 26 heavy (non-hydrogen) atoms. The summed E-state index contributed by atoms with van der Waals surface area (Å²) in [6.07, 6.45) is 2.09. The summed E-state index contributed by atoms with van der Waals surface area (Å²) in [6.45, 7) is 3.32. The van der Waals surface area contributed by atoms with Crippen molar-refractivity contribution in [3.8, 4) is 11.1 Å². The molecule has 6 heteroatoms. The van der Waals surface area contributed by atoms with Crippen molar-refractivity contribution in [2.24, 2.45) is 5.92 Å². The Balaban J connectivity index is 1.63. The third-order valence-corrected chi connectivity index (χ3v) is 6.11. The monoisotopic (exact) mass is 372 g/mol. The molecule has 3 rings (SSSR count). The zero-order valence-corrected chi connectivity index (χ0v) is 15.7. The second kappa shape index (κ2) is 8.01. The molecule has 2 aromatic rings. The third-order valence-electron chi connectivity index (χ3n) is 4.69. The standard InChI is InChI=1S/C20H24N2O3S/c1-16-6-5-13-22(15-16)20(23)14-21-26(24,25)19-11-9-18(10-12-19)17-7-3-2-4-8-17/h2-4,7-12,16,21H,5-6,13-15H2,1H3/t16-/m0/s1. The Morgan fingerprint density at radius 1 is 1.08 bits per heavy atom. The molecule has 0 bridgehead atoms. The van der Waals surface area contributed by atoms with E-state index in [1.54, 1.807) is 29.2 Å². The van der Waals surface area contributed by atoms with Crippen molar-refractivity contribution in [2.45, 2.75) is 24.7 Å². The van der Waals surface area contributed by atoms with Crippen LogP contribution in [0.1, 0.15) is 19.8 Å². The number of benzene rings is 2. The van der Waals surface area contributed by atoms with Gasteiger partial charge in [0.15, 0.2) is 0 Å². The Kier molecular flexibility index (Phi) is 5.74. The van der Waals surface area contributed by atoms with Crippen molar-refractivity contribution in [3.05, 3.63) is 54.6 Å². The normalized spacial score (nSPS) is 17.9. The van der Waals surface area contributed by atoms with Gasteiger partial charge in [0.2, 0.25) is 15.9 Å². The van der Waals surface area contributed by atoms with E-state index in [0.717, 1.165) is 24.0 Å². The molecule has 1 amide bonds. The molecule has 138 valence electrons. The number of rotatable bonds is 5. The van der Waals surface area contributed by atoms with Crippen LogP contribution in [0.25, 0.3) is 11.1 Å². The predicted molar refractivity (Wildman–Crippen MR) is 102 cm³/mol. The Labute approximate surface area is 155 Å². The number of carbonyl (C=O) groups is 1. The molecule has 1 aliphatic heterocycles. The lowest BCUT2D eigenvalue weighted by atomic mass is 10.0. The zero-order chi connectivity index (χ0) is 18.6. The van der Waals surface area contributed by atoms with Crippen molar-refractivity contribution in [2.75, 3.05) is 19.6 Å². The Bertz CT molecular complexity index is 848. The quantitative estimate of drug-likeness (QED) is 0.878. The number of likely N-dealkylation sites (tertiary alicyclic amines) is 1. The summed E-state index contributed by atoms with van der Waals surface area (Å²) in [7, 11) is -3.70. The lowest BCUT2D eigenvalue weighted by Crippen LogP contribution is -2.44. The van der Waals surface area contributed by atoms with Gasteiger partial charge in [-0.15, -0.1) is 0 Å². The summed E-state index contributed by atoms with van der Waals surface area (Å²) in [5.41, 5.74) is 1.97. The van der Waals surface area contributed by atoms with Gasteiger partial charge in [-0.1, -0.05) is 49.4 Å². The van der Waals surface area contributed by atoms with E-state index in [1.807, 2.05) is 30.3 Å². The van der Waals surface area contributed by atoms with Crippen LogP contribution in [0.15, 0.2) is 59.5 Å². The Morgan fingerprint density at radius 3 is 2.38 bits per heavy atom. The van der Waals surface area contributed by atoms with Crippen molar-refractivity contribution in [3.63, 3.8) is 0 Å². The number of carbonyl (C=O) groups excluding carboxylic acids is 1. The summed E-state index contributed by atoms with van der Waals surface area (Å²) in [5.74, 6) is 0.302. The van der Waals surface area contributed by atoms with Crippen LogP contribution in [0, 0.1) is 5.92 Å². The van der Waals surface area contributed by atoms with E-state index in [9.17, 15) is 13.2 Å². The first-order valence-corrected chi connectivity index (χ1v) is 10.4. The molecule has 0 aromatic heterocycles. The molecule has 1 heterocycles. The van der Waals surface area contributed by atoms with Gasteiger partial charge >= 0.3 is 0 Å². The molecule has 0 unspecified atom stereocenters. The first kappa shape index (κ1) is 18.6. The predicted octanol–water partition coefficient (Wildman–Crippen LogP) is 2.89.